The van der Waals surface area contributed by atoms with E-state index >= 15 is 0 Å². The lowest BCUT2D eigenvalue weighted by Gasteiger charge is -2.35. The zero-order valence-electron chi connectivity index (χ0n) is 20.6. The van der Waals surface area contributed by atoms with Gasteiger partial charge in [0.25, 0.3) is 0 Å². The number of hydrogen-bond donors (Lipinski definition) is 1. The largest absolute Gasteiger partial charge is 0.481 e. The van der Waals surface area contributed by atoms with Gasteiger partial charge in [0, 0.05) is 22.2 Å². The lowest BCUT2D eigenvalue weighted by molar-refractivity contribution is -0.148. The Morgan fingerprint density at radius 3 is 2.53 bits per heavy atom. The van der Waals surface area contributed by atoms with Crippen LogP contribution in [0.2, 0.25) is 0 Å². The third-order valence-corrected chi connectivity index (χ3v) is 7.24. The van der Waals surface area contributed by atoms with E-state index in [9.17, 15) is 4.79 Å². The average Bonchev–Trinajstić information content (AvgIpc) is 3.57. The first-order valence-electron chi connectivity index (χ1n) is 12.1. The monoisotopic (exact) mass is 530 g/mol. The van der Waals surface area contributed by atoms with Crippen LogP contribution in [0.3, 0.4) is 0 Å². The van der Waals surface area contributed by atoms with E-state index < -0.39 is 6.04 Å². The van der Waals surface area contributed by atoms with Crippen LogP contribution < -0.4 is 10.1 Å². The molecule has 1 aliphatic carbocycles. The van der Waals surface area contributed by atoms with Crippen molar-refractivity contribution >= 4 is 21.9 Å². The third kappa shape index (κ3) is 5.31. The summed E-state index contributed by atoms with van der Waals surface area (Å²) in [4.78, 5) is 17.5. The van der Waals surface area contributed by atoms with Gasteiger partial charge in [-0.15, -0.1) is 0 Å². The molecule has 0 spiro atoms. The molecule has 1 aromatic heterocycles. The van der Waals surface area contributed by atoms with Gasteiger partial charge < -0.3 is 14.2 Å². The molecule has 1 aliphatic heterocycles. The number of halogens is 1. The number of nitrogens with one attached hydrogen (secondary N) is 1. The van der Waals surface area contributed by atoms with Crippen LogP contribution in [0.4, 0.5) is 0 Å². The molecule has 184 valence electrons. The second-order valence-corrected chi connectivity index (χ2v) is 11.2. The molecule has 0 amide bonds. The molecular formula is C27H35BrN2O4. The molecule has 4 atom stereocenters. The maximum atomic E-state index is 13.1. The Hall–Kier alpha value is -1.96. The fourth-order valence-corrected chi connectivity index (χ4v) is 5.58. The molecule has 34 heavy (non-hydrogen) atoms. The number of ether oxygens (including phenoxy) is 3. The van der Waals surface area contributed by atoms with Crippen molar-refractivity contribution in [1.82, 2.24) is 10.3 Å². The van der Waals surface area contributed by atoms with E-state index in [1.807, 2.05) is 13.0 Å². The van der Waals surface area contributed by atoms with Crippen molar-refractivity contribution in [2.75, 3.05) is 13.7 Å². The molecule has 0 unspecified atom stereocenters. The summed E-state index contributed by atoms with van der Waals surface area (Å²) in [6, 6.07) is 9.96. The van der Waals surface area contributed by atoms with Gasteiger partial charge in [-0.25, -0.2) is 4.98 Å². The van der Waals surface area contributed by atoms with Crippen molar-refractivity contribution in [3.63, 3.8) is 0 Å². The number of methoxy groups -OCH3 is 1. The minimum absolute atomic E-state index is 0.0880. The number of nitrogens with zero attached hydrogens (tertiary/aromatic N) is 1. The topological polar surface area (TPSA) is 69.7 Å². The van der Waals surface area contributed by atoms with Gasteiger partial charge >= 0.3 is 5.97 Å². The second-order valence-electron chi connectivity index (χ2n) is 10.3. The minimum atomic E-state index is -0.454. The highest BCUT2D eigenvalue weighted by atomic mass is 79.9. The standard InChI is InChI=1S/C27H35BrN2O4/c1-6-33-26(31)23-21(27(2,3)4)24(34-15-17-13-18(28)14-29-25(17)32-5)22(30-23)20-10-8-7-9-19(20)16-11-12-16/h7-10,13-14,16,21-24,30H,6,11-12,15H2,1-5H3/t21-,22-,23-,24-/m0/s1. The maximum Gasteiger partial charge on any atom is 0.323 e. The first-order chi connectivity index (χ1) is 16.2. The van der Waals surface area contributed by atoms with Crippen molar-refractivity contribution in [3.8, 4) is 5.88 Å². The van der Waals surface area contributed by atoms with Crippen LogP contribution in [-0.2, 0) is 20.9 Å². The zero-order chi connectivity index (χ0) is 24.5. The third-order valence-electron chi connectivity index (χ3n) is 6.81. The lowest BCUT2D eigenvalue weighted by atomic mass is 9.73. The smallest absolute Gasteiger partial charge is 0.323 e. The predicted octanol–water partition coefficient (Wildman–Crippen LogP) is 5.55. The van der Waals surface area contributed by atoms with Crippen LogP contribution in [0.25, 0.3) is 0 Å². The number of carbonyl (C=O) groups is 1. The number of benzene rings is 1. The van der Waals surface area contributed by atoms with E-state index in [0.29, 0.717) is 25.0 Å². The van der Waals surface area contributed by atoms with Gasteiger partial charge in [0.2, 0.25) is 5.88 Å². The van der Waals surface area contributed by atoms with E-state index in [4.69, 9.17) is 14.2 Å². The van der Waals surface area contributed by atoms with Gasteiger partial charge in [-0.1, -0.05) is 45.0 Å². The Kier molecular flexibility index (Phi) is 7.65. The summed E-state index contributed by atoms with van der Waals surface area (Å²) >= 11 is 3.50. The van der Waals surface area contributed by atoms with Crippen molar-refractivity contribution in [2.45, 2.75) is 71.2 Å². The van der Waals surface area contributed by atoms with E-state index in [1.165, 1.54) is 24.0 Å². The molecule has 2 heterocycles. The Bertz CT molecular complexity index is 1020. The van der Waals surface area contributed by atoms with Crippen LogP contribution >= 0.6 is 15.9 Å². The molecule has 1 saturated heterocycles. The fourth-order valence-electron chi connectivity index (χ4n) is 5.20. The van der Waals surface area contributed by atoms with Crippen LogP contribution in [0.15, 0.2) is 41.0 Å². The average molecular weight is 531 g/mol. The number of pyridine rings is 1. The van der Waals surface area contributed by atoms with E-state index in [0.717, 1.165) is 10.0 Å². The Morgan fingerprint density at radius 2 is 1.91 bits per heavy atom. The maximum absolute atomic E-state index is 13.1. The van der Waals surface area contributed by atoms with Crippen LogP contribution in [0, 0.1) is 11.3 Å². The van der Waals surface area contributed by atoms with Gasteiger partial charge in [-0.05, 0) is 64.2 Å². The quantitative estimate of drug-likeness (QED) is 0.451. The summed E-state index contributed by atoms with van der Waals surface area (Å²) in [5.74, 6) is 0.820. The number of hydrogen-bond acceptors (Lipinski definition) is 6. The SMILES string of the molecule is CCOC(=O)[C@H]1N[C@@H](c2ccccc2C2CC2)[C@@H](OCc2cc(Br)cnc2OC)[C@H]1C(C)(C)C. The highest BCUT2D eigenvalue weighted by Gasteiger charge is 2.53. The second kappa shape index (κ2) is 10.3. The molecule has 0 bridgehead atoms. The van der Waals surface area contributed by atoms with Crippen LogP contribution in [0.1, 0.15) is 69.2 Å². The number of rotatable bonds is 8. The van der Waals surface area contributed by atoms with Crippen molar-refractivity contribution in [2.24, 2.45) is 11.3 Å². The van der Waals surface area contributed by atoms with E-state index in [-0.39, 0.29) is 29.4 Å². The molecule has 7 heteroatoms. The summed E-state index contributed by atoms with van der Waals surface area (Å²) in [5.41, 5.74) is 3.24. The number of aromatic nitrogens is 1. The molecule has 4 rings (SSSR count). The van der Waals surface area contributed by atoms with E-state index in [1.54, 1.807) is 13.3 Å². The van der Waals surface area contributed by atoms with Gasteiger partial charge in [0.1, 0.15) is 6.04 Å². The summed E-state index contributed by atoms with van der Waals surface area (Å²) in [7, 11) is 1.61. The summed E-state index contributed by atoms with van der Waals surface area (Å²) in [5, 5.41) is 3.64. The van der Waals surface area contributed by atoms with Crippen LogP contribution in [-0.4, -0.2) is 36.8 Å². The Morgan fingerprint density at radius 1 is 1.21 bits per heavy atom. The Balaban J connectivity index is 1.72. The predicted molar refractivity (Wildman–Crippen MR) is 135 cm³/mol. The fraction of sp³-hybridized carbons (Fsp3) is 0.556. The Labute approximate surface area is 210 Å². The van der Waals surface area contributed by atoms with Gasteiger partial charge in [0.15, 0.2) is 0 Å². The molecule has 2 aromatic rings. The normalized spacial score (nSPS) is 24.8. The van der Waals surface area contributed by atoms with Crippen molar-refractivity contribution in [1.29, 1.82) is 0 Å². The van der Waals surface area contributed by atoms with Gasteiger partial charge in [-0.2, -0.15) is 0 Å². The molecular weight excluding hydrogens is 496 g/mol. The number of esters is 1. The summed E-state index contributed by atoms with van der Waals surface area (Å²) < 4.78 is 18.5. The molecule has 2 fully saturated rings. The first-order valence-corrected chi connectivity index (χ1v) is 12.9. The molecule has 1 saturated carbocycles. The highest BCUT2D eigenvalue weighted by molar-refractivity contribution is 9.10. The first kappa shape index (κ1) is 25.1. The lowest BCUT2D eigenvalue weighted by Crippen LogP contribution is -2.44. The van der Waals surface area contributed by atoms with Crippen molar-refractivity contribution in [3.05, 3.63) is 57.7 Å². The summed E-state index contributed by atoms with van der Waals surface area (Å²) in [6.45, 7) is 9.02. The molecule has 2 aliphatic rings. The number of carbonyl (C=O) groups excluding carboxylic acids is 1. The molecule has 6 nitrogen and oxygen atoms in total. The molecule has 0 radical (unpaired) electrons. The summed E-state index contributed by atoms with van der Waals surface area (Å²) in [6.07, 6.45) is 3.89. The van der Waals surface area contributed by atoms with Gasteiger partial charge in [-0.3, -0.25) is 10.1 Å². The zero-order valence-corrected chi connectivity index (χ0v) is 22.2. The van der Waals surface area contributed by atoms with Crippen LogP contribution in [0.5, 0.6) is 5.88 Å². The minimum Gasteiger partial charge on any atom is -0.481 e. The van der Waals surface area contributed by atoms with Gasteiger partial charge in [0.05, 0.1) is 32.5 Å². The van der Waals surface area contributed by atoms with Crippen molar-refractivity contribution < 1.29 is 19.0 Å². The highest BCUT2D eigenvalue weighted by Crippen LogP contribution is 2.49. The molecule has 1 aromatic carbocycles. The van der Waals surface area contributed by atoms with E-state index in [2.05, 4.69) is 71.3 Å². The molecule has 1 N–H and O–H groups in total.